The van der Waals surface area contributed by atoms with Gasteiger partial charge in [0.05, 0.1) is 17.7 Å². The minimum Gasteiger partial charge on any atom is -0.272 e. The summed E-state index contributed by atoms with van der Waals surface area (Å²) in [5.41, 5.74) is 7.11. The number of hydrogen-bond acceptors (Lipinski definition) is 4. The summed E-state index contributed by atoms with van der Waals surface area (Å²) in [5.74, 6) is -0.441. The van der Waals surface area contributed by atoms with Crippen LogP contribution in [0.2, 0.25) is 0 Å². The molecule has 1 amide bonds. The van der Waals surface area contributed by atoms with E-state index in [9.17, 15) is 13.2 Å². The number of carbonyl (C=O) groups is 1. The van der Waals surface area contributed by atoms with Gasteiger partial charge in [0, 0.05) is 6.04 Å². The first kappa shape index (κ1) is 27.1. The van der Waals surface area contributed by atoms with E-state index < -0.39 is 15.9 Å². The molecule has 2 aromatic carbocycles. The lowest BCUT2D eigenvalue weighted by molar-refractivity contribution is -0.121. The van der Waals surface area contributed by atoms with E-state index in [0.717, 1.165) is 43.2 Å². The zero-order valence-electron chi connectivity index (χ0n) is 21.9. The normalized spacial score (nSPS) is 15.6. The van der Waals surface area contributed by atoms with E-state index in [1.807, 2.05) is 57.2 Å². The topological polar surface area (TPSA) is 78.8 Å². The number of amides is 1. The predicted octanol–water partition coefficient (Wildman–Crippen LogP) is 5.38. The fourth-order valence-corrected chi connectivity index (χ4v) is 6.95. The van der Waals surface area contributed by atoms with Crippen molar-refractivity contribution < 1.29 is 13.2 Å². The molecular weight excluding hydrogens is 458 g/mol. The highest BCUT2D eigenvalue weighted by molar-refractivity contribution is 7.89. The van der Waals surface area contributed by atoms with Crippen LogP contribution in [0.3, 0.4) is 0 Å². The van der Waals surface area contributed by atoms with Crippen LogP contribution in [-0.2, 0) is 20.2 Å². The quantitative estimate of drug-likeness (QED) is 0.412. The molecule has 1 saturated carbocycles. The van der Waals surface area contributed by atoms with E-state index >= 15 is 0 Å². The summed E-state index contributed by atoms with van der Waals surface area (Å²) in [7, 11) is -3.85. The number of carbonyl (C=O) groups excluding carboxylic acids is 1. The van der Waals surface area contributed by atoms with E-state index in [1.54, 1.807) is 6.21 Å². The van der Waals surface area contributed by atoms with Crippen molar-refractivity contribution in [2.45, 2.75) is 90.0 Å². The van der Waals surface area contributed by atoms with Crippen molar-refractivity contribution in [1.82, 2.24) is 9.73 Å². The van der Waals surface area contributed by atoms with Gasteiger partial charge in [0.2, 0.25) is 10.0 Å². The summed E-state index contributed by atoms with van der Waals surface area (Å²) in [4.78, 5) is 13.2. The maximum Gasteiger partial charge on any atom is 0.255 e. The SMILES string of the molecule is Cc1cc(C)c(S(=O)(=O)N(CC(=O)NN=Cc2ccc(C(C)(C)C)cc2)C2CCCCC2)c(C)c1. The van der Waals surface area contributed by atoms with Crippen molar-refractivity contribution >= 4 is 22.1 Å². The van der Waals surface area contributed by atoms with Crippen LogP contribution in [0.25, 0.3) is 0 Å². The van der Waals surface area contributed by atoms with Gasteiger partial charge in [-0.25, -0.2) is 13.8 Å². The van der Waals surface area contributed by atoms with Gasteiger partial charge in [-0.05, 0) is 61.3 Å². The Labute approximate surface area is 210 Å². The molecule has 0 aromatic heterocycles. The Morgan fingerprint density at radius 1 is 1.03 bits per heavy atom. The molecule has 0 heterocycles. The highest BCUT2D eigenvalue weighted by Crippen LogP contribution is 2.31. The molecule has 0 spiro atoms. The Hall–Kier alpha value is -2.51. The van der Waals surface area contributed by atoms with Gasteiger partial charge in [0.25, 0.3) is 5.91 Å². The minimum absolute atomic E-state index is 0.0616. The molecule has 35 heavy (non-hydrogen) atoms. The predicted molar refractivity (Wildman–Crippen MR) is 142 cm³/mol. The molecular formula is C28H39N3O3S. The van der Waals surface area contributed by atoms with Crippen LogP contribution in [0.5, 0.6) is 0 Å². The van der Waals surface area contributed by atoms with E-state index in [-0.39, 0.29) is 18.0 Å². The lowest BCUT2D eigenvalue weighted by Crippen LogP contribution is -2.46. The van der Waals surface area contributed by atoms with Gasteiger partial charge in [-0.2, -0.15) is 9.41 Å². The molecule has 0 bridgehead atoms. The Morgan fingerprint density at radius 3 is 2.14 bits per heavy atom. The summed E-state index contributed by atoms with van der Waals surface area (Å²) < 4.78 is 29.1. The average molecular weight is 498 g/mol. The molecule has 0 saturated heterocycles. The monoisotopic (exact) mass is 497 g/mol. The molecule has 7 heteroatoms. The van der Waals surface area contributed by atoms with Crippen LogP contribution in [0.4, 0.5) is 0 Å². The van der Waals surface area contributed by atoms with E-state index in [4.69, 9.17) is 0 Å². The Kier molecular flexibility index (Phi) is 8.54. The number of hydrogen-bond donors (Lipinski definition) is 1. The van der Waals surface area contributed by atoms with Crippen molar-refractivity contribution in [2.75, 3.05) is 6.54 Å². The van der Waals surface area contributed by atoms with E-state index in [0.29, 0.717) is 16.0 Å². The number of benzene rings is 2. The van der Waals surface area contributed by atoms with Gasteiger partial charge < -0.3 is 0 Å². The molecule has 0 radical (unpaired) electrons. The third-order valence-corrected chi connectivity index (χ3v) is 8.84. The molecule has 1 aliphatic carbocycles. The lowest BCUT2D eigenvalue weighted by atomic mass is 9.87. The van der Waals surface area contributed by atoms with Crippen LogP contribution in [0.1, 0.15) is 80.7 Å². The number of nitrogens with zero attached hydrogens (tertiary/aromatic N) is 2. The van der Waals surface area contributed by atoms with Gasteiger partial charge >= 0.3 is 0 Å². The molecule has 2 aromatic rings. The highest BCUT2D eigenvalue weighted by atomic mass is 32.2. The van der Waals surface area contributed by atoms with Crippen molar-refractivity contribution in [1.29, 1.82) is 0 Å². The fraction of sp³-hybridized carbons (Fsp3) is 0.500. The van der Waals surface area contributed by atoms with Gasteiger partial charge in [0.1, 0.15) is 0 Å². The first-order valence-corrected chi connectivity index (χ1v) is 13.9. The maximum absolute atomic E-state index is 13.8. The average Bonchev–Trinajstić information content (AvgIpc) is 2.77. The number of nitrogens with one attached hydrogen (secondary N) is 1. The third-order valence-electron chi connectivity index (χ3n) is 6.63. The minimum atomic E-state index is -3.85. The summed E-state index contributed by atoms with van der Waals surface area (Å²) in [6, 6.07) is 11.6. The Balaban J connectivity index is 1.78. The maximum atomic E-state index is 13.8. The van der Waals surface area contributed by atoms with E-state index in [2.05, 4.69) is 31.3 Å². The molecule has 0 unspecified atom stereocenters. The van der Waals surface area contributed by atoms with Crippen molar-refractivity contribution in [2.24, 2.45) is 5.10 Å². The first-order valence-electron chi connectivity index (χ1n) is 12.4. The summed E-state index contributed by atoms with van der Waals surface area (Å²) in [6.07, 6.45) is 6.13. The molecule has 1 N–H and O–H groups in total. The molecule has 3 rings (SSSR count). The van der Waals surface area contributed by atoms with Gasteiger partial charge in [-0.1, -0.05) is 82.0 Å². The van der Waals surface area contributed by atoms with Crippen molar-refractivity contribution in [3.05, 3.63) is 64.2 Å². The zero-order chi connectivity index (χ0) is 25.8. The van der Waals surface area contributed by atoms with Gasteiger partial charge in [-0.15, -0.1) is 0 Å². The Morgan fingerprint density at radius 2 is 1.60 bits per heavy atom. The summed E-state index contributed by atoms with van der Waals surface area (Å²) >= 11 is 0. The fourth-order valence-electron chi connectivity index (χ4n) is 4.90. The summed E-state index contributed by atoms with van der Waals surface area (Å²) in [6.45, 7) is 11.8. The zero-order valence-corrected chi connectivity index (χ0v) is 22.7. The second-order valence-corrected chi connectivity index (χ2v) is 12.6. The van der Waals surface area contributed by atoms with Gasteiger partial charge in [-0.3, -0.25) is 4.79 Å². The van der Waals surface area contributed by atoms with Crippen LogP contribution in [0.15, 0.2) is 46.4 Å². The largest absolute Gasteiger partial charge is 0.272 e. The number of sulfonamides is 1. The third kappa shape index (κ3) is 6.79. The second-order valence-electron chi connectivity index (χ2n) is 10.7. The van der Waals surface area contributed by atoms with Crippen LogP contribution in [-0.4, -0.2) is 37.4 Å². The Bertz CT molecular complexity index is 1150. The van der Waals surface area contributed by atoms with Crippen LogP contribution >= 0.6 is 0 Å². The molecule has 190 valence electrons. The van der Waals surface area contributed by atoms with Crippen LogP contribution in [0, 0.1) is 20.8 Å². The molecule has 1 fully saturated rings. The number of hydrazone groups is 1. The second kappa shape index (κ2) is 11.0. The standard InChI is InChI=1S/C28H39N3O3S/c1-20-16-21(2)27(22(3)17-20)35(33,34)31(25-10-8-7-9-11-25)19-26(32)30-29-18-23-12-14-24(15-13-23)28(4,5)6/h12-18,25H,7-11,19H2,1-6H3,(H,30,32). The smallest absolute Gasteiger partial charge is 0.255 e. The highest BCUT2D eigenvalue weighted by Gasteiger charge is 2.35. The van der Waals surface area contributed by atoms with Crippen molar-refractivity contribution in [3.63, 3.8) is 0 Å². The van der Waals surface area contributed by atoms with Crippen LogP contribution < -0.4 is 5.43 Å². The number of rotatable bonds is 7. The number of aryl methyl sites for hydroxylation is 3. The molecule has 0 aliphatic heterocycles. The lowest BCUT2D eigenvalue weighted by Gasteiger charge is -2.33. The summed E-state index contributed by atoms with van der Waals surface area (Å²) in [5, 5.41) is 4.09. The van der Waals surface area contributed by atoms with E-state index in [1.165, 1.54) is 9.87 Å². The molecule has 1 aliphatic rings. The molecule has 6 nitrogen and oxygen atoms in total. The first-order chi connectivity index (χ1) is 16.4. The molecule has 0 atom stereocenters. The van der Waals surface area contributed by atoms with Gasteiger partial charge in [0.15, 0.2) is 0 Å². The van der Waals surface area contributed by atoms with Crippen molar-refractivity contribution in [3.8, 4) is 0 Å².